The number of carbonyl (C=O) groups is 3. The Kier molecular flexibility index (Phi) is 10.1. The van der Waals surface area contributed by atoms with Crippen LogP contribution in [0.3, 0.4) is 0 Å². The lowest BCUT2D eigenvalue weighted by Crippen LogP contribution is -2.49. The minimum atomic E-state index is -1.53. The molecule has 0 saturated carbocycles. The first-order chi connectivity index (χ1) is 18.8. The number of nitrogens with zero attached hydrogens (tertiary/aromatic N) is 1. The molecule has 0 spiro atoms. The van der Waals surface area contributed by atoms with Crippen molar-refractivity contribution in [3.63, 3.8) is 0 Å². The number of aryl methyl sites for hydroxylation is 1. The number of hydrogen-bond acceptors (Lipinski definition) is 4. The fourth-order valence-electron chi connectivity index (χ4n) is 4.18. The van der Waals surface area contributed by atoms with E-state index in [4.69, 9.17) is 23.2 Å². The molecule has 1 heterocycles. The second-order valence-corrected chi connectivity index (χ2v) is 10.4. The Bertz CT molecular complexity index is 1490. The number of hydrogen-bond donors (Lipinski definition) is 3. The number of carbonyl (C=O) groups excluding carboxylic acids is 2. The van der Waals surface area contributed by atoms with E-state index < -0.39 is 59.0 Å². The van der Waals surface area contributed by atoms with Gasteiger partial charge in [0.1, 0.15) is 11.6 Å². The van der Waals surface area contributed by atoms with Gasteiger partial charge < -0.3 is 20.3 Å². The van der Waals surface area contributed by atoms with Crippen molar-refractivity contribution in [2.75, 3.05) is 0 Å². The highest BCUT2D eigenvalue weighted by molar-refractivity contribution is 6.39. The summed E-state index contributed by atoms with van der Waals surface area (Å²) in [5, 5.41) is 14.8. The monoisotopic (exact) mass is 593 g/mol. The normalized spacial score (nSPS) is 12.6. The van der Waals surface area contributed by atoms with Gasteiger partial charge in [0.25, 0.3) is 11.5 Å². The quantitative estimate of drug-likeness (QED) is 0.302. The van der Waals surface area contributed by atoms with Gasteiger partial charge in [0.2, 0.25) is 5.91 Å². The molecule has 12 heteroatoms. The van der Waals surface area contributed by atoms with Crippen LogP contribution in [0.4, 0.5) is 8.78 Å². The van der Waals surface area contributed by atoms with Gasteiger partial charge in [0.15, 0.2) is 11.6 Å². The summed E-state index contributed by atoms with van der Waals surface area (Å²) in [6, 6.07) is 6.65. The van der Waals surface area contributed by atoms with E-state index >= 15 is 4.39 Å². The lowest BCUT2D eigenvalue weighted by Gasteiger charge is -2.25. The van der Waals surface area contributed by atoms with Crippen LogP contribution in [0, 0.1) is 17.6 Å². The molecule has 0 unspecified atom stereocenters. The third-order valence-electron chi connectivity index (χ3n) is 6.08. The lowest BCUT2D eigenvalue weighted by atomic mass is 9.95. The fraction of sp³-hybridized carbons (Fsp3) is 0.286. The van der Waals surface area contributed by atoms with Crippen LogP contribution in [0.5, 0.6) is 0 Å². The largest absolute Gasteiger partial charge is 0.481 e. The molecule has 0 bridgehead atoms. The van der Waals surface area contributed by atoms with E-state index in [-0.39, 0.29) is 39.1 Å². The van der Waals surface area contributed by atoms with Crippen LogP contribution in [0.15, 0.2) is 53.5 Å². The molecule has 0 fully saturated rings. The molecule has 0 aliphatic carbocycles. The molecule has 0 aliphatic heterocycles. The Morgan fingerprint density at radius 3 is 2.27 bits per heavy atom. The molecule has 3 rings (SSSR count). The molecule has 40 heavy (non-hydrogen) atoms. The van der Waals surface area contributed by atoms with E-state index in [0.717, 1.165) is 6.07 Å². The van der Waals surface area contributed by atoms with E-state index in [1.807, 2.05) is 0 Å². The first kappa shape index (κ1) is 30.8. The predicted octanol–water partition coefficient (Wildman–Crippen LogP) is 5.11. The number of amides is 2. The molecular formula is C28H27Cl2F2N3O5. The van der Waals surface area contributed by atoms with Crippen LogP contribution in [0.1, 0.15) is 48.7 Å². The molecule has 3 aromatic rings. The molecule has 2 aromatic carbocycles. The highest BCUT2D eigenvalue weighted by Crippen LogP contribution is 2.37. The lowest BCUT2D eigenvalue weighted by molar-refractivity contribution is -0.137. The Morgan fingerprint density at radius 2 is 1.68 bits per heavy atom. The number of halogens is 4. The highest BCUT2D eigenvalue weighted by atomic mass is 35.5. The average molecular weight is 594 g/mol. The van der Waals surface area contributed by atoms with Crippen LogP contribution in [0.25, 0.3) is 11.1 Å². The standard InChI is InChI=1S/C28H27Cl2F2N3O5/c1-14(2)10-22(34-26(38)16-6-5-9-35(3)28(16)40)27(39)33-21(13-23(36)37)17-11-15(12-20(31)25(17)32)24-18(29)7-4-8-19(24)30/h4-9,11-12,14,21-22H,10,13H2,1-3H3,(H,33,39)(H,34,38)(H,36,37)/t21-,22-/m0/s1. The van der Waals surface area contributed by atoms with Gasteiger partial charge in [-0.1, -0.05) is 43.1 Å². The van der Waals surface area contributed by atoms with Crippen LogP contribution in [0.2, 0.25) is 10.0 Å². The number of rotatable bonds is 10. The average Bonchev–Trinajstić information content (AvgIpc) is 2.86. The third kappa shape index (κ3) is 7.25. The first-order valence-electron chi connectivity index (χ1n) is 12.2. The van der Waals surface area contributed by atoms with E-state index in [1.54, 1.807) is 19.9 Å². The zero-order valence-corrected chi connectivity index (χ0v) is 23.3. The smallest absolute Gasteiger partial charge is 0.305 e. The summed E-state index contributed by atoms with van der Waals surface area (Å²) >= 11 is 12.5. The van der Waals surface area contributed by atoms with Crippen molar-refractivity contribution in [1.82, 2.24) is 15.2 Å². The van der Waals surface area contributed by atoms with Crippen molar-refractivity contribution in [3.05, 3.63) is 91.8 Å². The second kappa shape index (κ2) is 13.1. The number of aromatic nitrogens is 1. The molecule has 2 atom stereocenters. The van der Waals surface area contributed by atoms with E-state index in [9.17, 15) is 28.7 Å². The summed E-state index contributed by atoms with van der Waals surface area (Å²) < 4.78 is 31.1. The molecule has 212 valence electrons. The van der Waals surface area contributed by atoms with Crippen molar-refractivity contribution >= 4 is 41.0 Å². The number of pyridine rings is 1. The molecule has 0 saturated heterocycles. The van der Waals surface area contributed by atoms with Crippen LogP contribution in [-0.2, 0) is 16.6 Å². The van der Waals surface area contributed by atoms with Gasteiger partial charge in [-0.3, -0.25) is 19.2 Å². The molecule has 0 radical (unpaired) electrons. The highest BCUT2D eigenvalue weighted by Gasteiger charge is 2.30. The van der Waals surface area contributed by atoms with Crippen molar-refractivity contribution in [3.8, 4) is 11.1 Å². The Balaban J connectivity index is 2.00. The summed E-state index contributed by atoms with van der Waals surface area (Å²) in [5.74, 6) is -5.85. The van der Waals surface area contributed by atoms with Gasteiger partial charge in [0.05, 0.1) is 12.5 Å². The zero-order valence-electron chi connectivity index (χ0n) is 21.8. The molecule has 0 aliphatic rings. The van der Waals surface area contributed by atoms with E-state index in [0.29, 0.717) is 0 Å². The maximum absolute atomic E-state index is 15.1. The Morgan fingerprint density at radius 1 is 1.02 bits per heavy atom. The molecular weight excluding hydrogens is 567 g/mol. The van der Waals surface area contributed by atoms with Crippen LogP contribution in [-0.4, -0.2) is 33.5 Å². The number of carboxylic acids is 1. The topological polar surface area (TPSA) is 118 Å². The maximum atomic E-state index is 15.1. The number of carboxylic acid groups (broad SMARTS) is 1. The Hall–Kier alpha value is -3.76. The van der Waals surface area contributed by atoms with Crippen molar-refractivity contribution < 1.29 is 28.3 Å². The van der Waals surface area contributed by atoms with E-state index in [1.165, 1.54) is 48.1 Å². The summed E-state index contributed by atoms with van der Waals surface area (Å²) in [4.78, 5) is 50.3. The Labute approximate surface area is 238 Å². The van der Waals surface area contributed by atoms with Gasteiger partial charge in [-0.05, 0) is 54.3 Å². The summed E-state index contributed by atoms with van der Waals surface area (Å²) in [6.45, 7) is 3.57. The SMILES string of the molecule is CC(C)C[C@H](NC(=O)c1cccn(C)c1=O)C(=O)N[C@@H](CC(=O)O)c1cc(-c2c(Cl)cccc2Cl)cc(F)c1F. The number of nitrogens with one attached hydrogen (secondary N) is 2. The zero-order chi connectivity index (χ0) is 29.7. The first-order valence-corrected chi connectivity index (χ1v) is 13.0. The maximum Gasteiger partial charge on any atom is 0.305 e. The summed E-state index contributed by atoms with van der Waals surface area (Å²) in [5.41, 5.74) is -0.971. The van der Waals surface area contributed by atoms with Crippen LogP contribution < -0.4 is 16.2 Å². The van der Waals surface area contributed by atoms with E-state index in [2.05, 4.69) is 10.6 Å². The minimum absolute atomic E-state index is 0.0705. The van der Waals surface area contributed by atoms with Crippen molar-refractivity contribution in [1.29, 1.82) is 0 Å². The van der Waals surface area contributed by atoms with Crippen LogP contribution >= 0.6 is 23.2 Å². The number of aliphatic carboxylic acids is 1. The minimum Gasteiger partial charge on any atom is -0.481 e. The predicted molar refractivity (Wildman–Crippen MR) is 147 cm³/mol. The molecule has 1 aromatic heterocycles. The third-order valence-corrected chi connectivity index (χ3v) is 6.71. The van der Waals surface area contributed by atoms with Gasteiger partial charge in [-0.15, -0.1) is 0 Å². The number of benzene rings is 2. The fourth-order valence-corrected chi connectivity index (χ4v) is 4.79. The second-order valence-electron chi connectivity index (χ2n) is 9.61. The van der Waals surface area contributed by atoms with Gasteiger partial charge in [0, 0.05) is 34.4 Å². The summed E-state index contributed by atoms with van der Waals surface area (Å²) in [6.07, 6.45) is 0.769. The summed E-state index contributed by atoms with van der Waals surface area (Å²) in [7, 11) is 1.46. The van der Waals surface area contributed by atoms with Gasteiger partial charge in [-0.2, -0.15) is 0 Å². The molecule has 8 nitrogen and oxygen atoms in total. The van der Waals surface area contributed by atoms with Crippen molar-refractivity contribution in [2.24, 2.45) is 13.0 Å². The molecule has 2 amide bonds. The van der Waals surface area contributed by atoms with Gasteiger partial charge >= 0.3 is 5.97 Å². The molecule has 3 N–H and O–H groups in total. The van der Waals surface area contributed by atoms with Gasteiger partial charge in [-0.25, -0.2) is 8.78 Å². The van der Waals surface area contributed by atoms with Crippen molar-refractivity contribution in [2.45, 2.75) is 38.8 Å².